The maximum Gasteiger partial charge on any atom is 0.239 e. The maximum absolute atomic E-state index is 11.6. The lowest BCUT2D eigenvalue weighted by molar-refractivity contribution is -0.121. The summed E-state index contributed by atoms with van der Waals surface area (Å²) in [4.78, 5) is 13.5. The van der Waals surface area contributed by atoms with Gasteiger partial charge in [0.25, 0.3) is 0 Å². The van der Waals surface area contributed by atoms with Gasteiger partial charge in [-0.15, -0.1) is 0 Å². The van der Waals surface area contributed by atoms with Gasteiger partial charge in [0.05, 0.1) is 32.0 Å². The molecule has 1 fully saturated rings. The molecular weight excluding hydrogens is 232 g/mol. The fourth-order valence-electron chi connectivity index (χ4n) is 2.16. The molecule has 98 valence electrons. The molecule has 1 unspecified atom stereocenters. The zero-order valence-electron chi connectivity index (χ0n) is 10.6. The van der Waals surface area contributed by atoms with Gasteiger partial charge in [-0.3, -0.25) is 4.79 Å². The number of aryl methyl sites for hydroxylation is 1. The average Bonchev–Trinajstić information content (AvgIpc) is 2.38. The van der Waals surface area contributed by atoms with Crippen molar-refractivity contribution in [3.8, 4) is 5.75 Å². The zero-order chi connectivity index (χ0) is 13.1. The van der Waals surface area contributed by atoms with Crippen LogP contribution in [0.15, 0.2) is 18.2 Å². The third-order valence-corrected chi connectivity index (χ3v) is 3.04. The first kappa shape index (κ1) is 12.7. The molecule has 0 spiro atoms. The number of piperazine rings is 1. The van der Waals surface area contributed by atoms with E-state index in [1.54, 1.807) is 7.11 Å². The summed E-state index contributed by atoms with van der Waals surface area (Å²) in [6.45, 7) is 2.81. The van der Waals surface area contributed by atoms with Crippen LogP contribution in [-0.4, -0.2) is 43.9 Å². The molecule has 2 N–H and O–H groups in total. The Bertz CT molecular complexity index is 448. The Morgan fingerprint density at radius 3 is 3.00 bits per heavy atom. The summed E-state index contributed by atoms with van der Waals surface area (Å²) in [6.07, 6.45) is 0. The molecule has 2 rings (SSSR count). The number of aliphatic hydroxyl groups excluding tert-OH is 1. The highest BCUT2D eigenvalue weighted by atomic mass is 16.5. The van der Waals surface area contributed by atoms with E-state index in [0.29, 0.717) is 6.54 Å². The molecule has 1 aromatic carbocycles. The molecule has 5 heteroatoms. The summed E-state index contributed by atoms with van der Waals surface area (Å²) in [5.41, 5.74) is 2.00. The Hall–Kier alpha value is -1.75. The average molecular weight is 250 g/mol. The van der Waals surface area contributed by atoms with Gasteiger partial charge in [-0.1, -0.05) is 6.07 Å². The molecule has 1 heterocycles. The zero-order valence-corrected chi connectivity index (χ0v) is 10.6. The van der Waals surface area contributed by atoms with Crippen molar-refractivity contribution in [2.45, 2.75) is 13.0 Å². The van der Waals surface area contributed by atoms with E-state index in [9.17, 15) is 9.90 Å². The van der Waals surface area contributed by atoms with Gasteiger partial charge in [0, 0.05) is 6.54 Å². The summed E-state index contributed by atoms with van der Waals surface area (Å²) in [5.74, 6) is 0.663. The van der Waals surface area contributed by atoms with Gasteiger partial charge in [-0.25, -0.2) is 0 Å². The van der Waals surface area contributed by atoms with Crippen LogP contribution in [0.3, 0.4) is 0 Å². The molecule has 1 amide bonds. The minimum Gasteiger partial charge on any atom is -0.495 e. The summed E-state index contributed by atoms with van der Waals surface area (Å²) in [7, 11) is 1.61. The van der Waals surface area contributed by atoms with E-state index in [0.717, 1.165) is 17.0 Å². The van der Waals surface area contributed by atoms with Crippen LogP contribution in [0, 0.1) is 6.92 Å². The second kappa shape index (κ2) is 5.27. The number of anilines is 1. The van der Waals surface area contributed by atoms with Crippen LogP contribution >= 0.6 is 0 Å². The van der Waals surface area contributed by atoms with Crippen LogP contribution in [-0.2, 0) is 4.79 Å². The number of carbonyl (C=O) groups is 1. The number of hydrogen-bond acceptors (Lipinski definition) is 4. The highest BCUT2D eigenvalue weighted by molar-refractivity contribution is 5.84. The second-order valence-corrected chi connectivity index (χ2v) is 4.50. The molecule has 1 aromatic rings. The largest absolute Gasteiger partial charge is 0.495 e. The third-order valence-electron chi connectivity index (χ3n) is 3.04. The van der Waals surface area contributed by atoms with Crippen molar-refractivity contribution in [1.82, 2.24) is 5.32 Å². The van der Waals surface area contributed by atoms with Crippen molar-refractivity contribution in [2.24, 2.45) is 0 Å². The van der Waals surface area contributed by atoms with Crippen molar-refractivity contribution in [3.63, 3.8) is 0 Å². The summed E-state index contributed by atoms with van der Waals surface area (Å²) in [5, 5.41) is 11.9. The molecular formula is C13H18N2O3. The molecule has 0 aliphatic carbocycles. The van der Waals surface area contributed by atoms with Crippen molar-refractivity contribution in [3.05, 3.63) is 23.8 Å². The van der Waals surface area contributed by atoms with Gasteiger partial charge in [0.2, 0.25) is 5.91 Å². The van der Waals surface area contributed by atoms with E-state index >= 15 is 0 Å². The number of rotatable bonds is 3. The first-order chi connectivity index (χ1) is 8.63. The normalized spacial score (nSPS) is 19.6. The maximum atomic E-state index is 11.6. The summed E-state index contributed by atoms with van der Waals surface area (Å²) >= 11 is 0. The first-order valence-corrected chi connectivity index (χ1v) is 5.94. The quantitative estimate of drug-likeness (QED) is 0.810. The predicted molar refractivity (Wildman–Crippen MR) is 69.0 cm³/mol. The highest BCUT2D eigenvalue weighted by Gasteiger charge is 2.25. The number of carbonyl (C=O) groups excluding carboxylic acids is 1. The van der Waals surface area contributed by atoms with E-state index in [4.69, 9.17) is 4.74 Å². The minimum atomic E-state index is -0.225. The Morgan fingerprint density at radius 1 is 1.56 bits per heavy atom. The highest BCUT2D eigenvalue weighted by Crippen LogP contribution is 2.29. The fourth-order valence-corrected chi connectivity index (χ4v) is 2.16. The monoisotopic (exact) mass is 250 g/mol. The van der Waals surface area contributed by atoms with E-state index in [2.05, 4.69) is 5.32 Å². The number of aliphatic hydroxyl groups is 1. The van der Waals surface area contributed by atoms with E-state index < -0.39 is 0 Å². The van der Waals surface area contributed by atoms with Crippen LogP contribution in [0.1, 0.15) is 5.56 Å². The number of ether oxygens (including phenoxy) is 1. The van der Waals surface area contributed by atoms with Crippen LogP contribution in [0.5, 0.6) is 5.75 Å². The number of methoxy groups -OCH3 is 1. The van der Waals surface area contributed by atoms with Gasteiger partial charge < -0.3 is 20.1 Å². The lowest BCUT2D eigenvalue weighted by Gasteiger charge is -2.34. The first-order valence-electron chi connectivity index (χ1n) is 5.94. The Morgan fingerprint density at radius 2 is 2.33 bits per heavy atom. The summed E-state index contributed by atoms with van der Waals surface area (Å²) < 4.78 is 5.32. The van der Waals surface area contributed by atoms with Crippen LogP contribution in [0.25, 0.3) is 0 Å². The standard InChI is InChI=1S/C13H18N2O3/c1-9-3-4-12(18-2)11(5-9)15-6-10(8-16)14-13(17)7-15/h3-5,10,16H,6-8H2,1-2H3,(H,14,17). The van der Waals surface area contributed by atoms with Gasteiger partial charge in [-0.2, -0.15) is 0 Å². The van der Waals surface area contributed by atoms with Crippen LogP contribution < -0.4 is 15.0 Å². The van der Waals surface area contributed by atoms with Gasteiger partial charge in [-0.05, 0) is 24.6 Å². The predicted octanol–water partition coefficient (Wildman–Crippen LogP) is 0.301. The molecule has 0 radical (unpaired) electrons. The molecule has 0 bridgehead atoms. The molecule has 0 aromatic heterocycles. The third kappa shape index (κ3) is 2.56. The number of benzene rings is 1. The van der Waals surface area contributed by atoms with Crippen LogP contribution in [0.2, 0.25) is 0 Å². The Balaban J connectivity index is 2.29. The molecule has 5 nitrogen and oxygen atoms in total. The molecule has 0 saturated carbocycles. The van der Waals surface area contributed by atoms with Gasteiger partial charge >= 0.3 is 0 Å². The summed E-state index contributed by atoms with van der Waals surface area (Å²) in [6, 6.07) is 5.63. The smallest absolute Gasteiger partial charge is 0.239 e. The topological polar surface area (TPSA) is 61.8 Å². The Kier molecular flexibility index (Phi) is 3.72. The molecule has 1 aliphatic heterocycles. The van der Waals surface area contributed by atoms with E-state index in [-0.39, 0.29) is 25.1 Å². The lowest BCUT2D eigenvalue weighted by atomic mass is 10.1. The molecule has 1 atom stereocenters. The number of amides is 1. The number of nitrogens with zero attached hydrogens (tertiary/aromatic N) is 1. The number of nitrogens with one attached hydrogen (secondary N) is 1. The van der Waals surface area contributed by atoms with Crippen molar-refractivity contribution in [1.29, 1.82) is 0 Å². The minimum absolute atomic E-state index is 0.0592. The SMILES string of the molecule is COc1ccc(C)cc1N1CC(=O)NC(CO)C1. The Labute approximate surface area is 106 Å². The molecule has 18 heavy (non-hydrogen) atoms. The number of hydrogen-bond donors (Lipinski definition) is 2. The van der Waals surface area contributed by atoms with Gasteiger partial charge in [0.15, 0.2) is 0 Å². The van der Waals surface area contributed by atoms with Gasteiger partial charge in [0.1, 0.15) is 5.75 Å². The van der Waals surface area contributed by atoms with Crippen LogP contribution in [0.4, 0.5) is 5.69 Å². The van der Waals surface area contributed by atoms with E-state index in [1.807, 2.05) is 30.0 Å². The lowest BCUT2D eigenvalue weighted by Crippen LogP contribution is -2.55. The van der Waals surface area contributed by atoms with E-state index in [1.165, 1.54) is 0 Å². The second-order valence-electron chi connectivity index (χ2n) is 4.50. The molecule has 1 saturated heterocycles. The molecule has 1 aliphatic rings. The van der Waals surface area contributed by atoms with Crippen molar-refractivity contribution < 1.29 is 14.6 Å². The van der Waals surface area contributed by atoms with Crippen molar-refractivity contribution >= 4 is 11.6 Å². The van der Waals surface area contributed by atoms with Crippen molar-refractivity contribution in [2.75, 3.05) is 31.7 Å². The fraction of sp³-hybridized carbons (Fsp3) is 0.462.